The topological polar surface area (TPSA) is 95.1 Å². The number of H-pyrrole nitrogens is 1. The molecule has 4 rings (SSSR count). The van der Waals surface area contributed by atoms with Gasteiger partial charge in [0.1, 0.15) is 11.4 Å². The van der Waals surface area contributed by atoms with Gasteiger partial charge in [-0.25, -0.2) is 4.98 Å². The van der Waals surface area contributed by atoms with E-state index in [1.54, 1.807) is 18.3 Å². The number of pyridine rings is 1. The summed E-state index contributed by atoms with van der Waals surface area (Å²) in [5, 5.41) is 13.2. The average Bonchev–Trinajstić information content (AvgIpc) is 3.22. The molecular weight excluding hydrogens is 459 g/mol. The van der Waals surface area contributed by atoms with Crippen molar-refractivity contribution in [2.24, 2.45) is 0 Å². The van der Waals surface area contributed by atoms with Crippen LogP contribution in [0, 0.1) is 6.92 Å². The highest BCUT2D eigenvalue weighted by Gasteiger charge is 2.34. The van der Waals surface area contributed by atoms with Crippen LogP contribution in [0.3, 0.4) is 0 Å². The van der Waals surface area contributed by atoms with Gasteiger partial charge in [0.05, 0.1) is 11.3 Å². The van der Waals surface area contributed by atoms with Crippen molar-refractivity contribution in [1.29, 1.82) is 0 Å². The Kier molecular flexibility index (Phi) is 6.34. The van der Waals surface area contributed by atoms with Gasteiger partial charge in [-0.3, -0.25) is 9.59 Å². The Labute approximate surface area is 198 Å². The number of anilines is 1. The number of carbonyl (C=O) groups excluding carboxylic acids is 2. The minimum atomic E-state index is -4.71. The number of rotatable bonds is 6. The van der Waals surface area contributed by atoms with Crippen molar-refractivity contribution in [3.05, 3.63) is 88.2 Å². The highest BCUT2D eigenvalue weighted by molar-refractivity contribution is 6.04. The maximum absolute atomic E-state index is 12.8. The first-order valence-corrected chi connectivity index (χ1v) is 10.8. The summed E-state index contributed by atoms with van der Waals surface area (Å²) in [7, 11) is 0. The van der Waals surface area contributed by atoms with Crippen molar-refractivity contribution in [3.8, 4) is 5.75 Å². The molecule has 6 nitrogen and oxygen atoms in total. The Hall–Kier alpha value is -4.14. The first-order chi connectivity index (χ1) is 16.5. The lowest BCUT2D eigenvalue weighted by atomic mass is 10.00. The van der Waals surface area contributed by atoms with Crippen LogP contribution < -0.4 is 5.32 Å². The minimum absolute atomic E-state index is 0.0643. The van der Waals surface area contributed by atoms with Gasteiger partial charge in [0.15, 0.2) is 5.78 Å². The van der Waals surface area contributed by atoms with Gasteiger partial charge in [0.25, 0.3) is 5.91 Å². The summed E-state index contributed by atoms with van der Waals surface area (Å²) >= 11 is 0. The number of ketones is 1. The van der Waals surface area contributed by atoms with E-state index in [0.717, 1.165) is 34.2 Å². The zero-order valence-corrected chi connectivity index (χ0v) is 19.0. The molecule has 180 valence electrons. The fourth-order valence-electron chi connectivity index (χ4n) is 3.80. The third kappa shape index (κ3) is 5.34. The van der Waals surface area contributed by atoms with E-state index in [1.165, 1.54) is 6.92 Å². The molecule has 2 aromatic heterocycles. The molecule has 0 aliphatic heterocycles. The van der Waals surface area contributed by atoms with E-state index in [0.29, 0.717) is 35.9 Å². The number of carbonyl (C=O) groups is 2. The van der Waals surface area contributed by atoms with Gasteiger partial charge < -0.3 is 15.4 Å². The second-order valence-electron chi connectivity index (χ2n) is 8.35. The number of fused-ring (bicyclic) bond motifs is 1. The molecule has 0 aliphatic carbocycles. The predicted octanol–water partition coefficient (Wildman–Crippen LogP) is 5.84. The number of phenols is 1. The van der Waals surface area contributed by atoms with Crippen molar-refractivity contribution in [3.63, 3.8) is 0 Å². The number of hydrogen-bond donors (Lipinski definition) is 3. The Balaban J connectivity index is 1.47. The molecule has 0 saturated heterocycles. The number of phenolic OH excluding ortho intramolecular Hbond substituents is 1. The molecule has 0 saturated carbocycles. The van der Waals surface area contributed by atoms with Crippen LogP contribution in [0.4, 0.5) is 18.9 Å². The first-order valence-electron chi connectivity index (χ1n) is 10.8. The Morgan fingerprint density at radius 1 is 1.06 bits per heavy atom. The highest BCUT2D eigenvalue weighted by Crippen LogP contribution is 2.36. The van der Waals surface area contributed by atoms with E-state index in [2.05, 4.69) is 15.3 Å². The first kappa shape index (κ1) is 24.0. The molecule has 0 atom stereocenters. The molecule has 9 heteroatoms. The number of aromatic amines is 1. The molecule has 35 heavy (non-hydrogen) atoms. The minimum Gasteiger partial charge on any atom is -0.507 e. The Morgan fingerprint density at radius 2 is 1.83 bits per heavy atom. The summed E-state index contributed by atoms with van der Waals surface area (Å²) in [5.41, 5.74) is 3.34. The van der Waals surface area contributed by atoms with E-state index < -0.39 is 23.4 Å². The van der Waals surface area contributed by atoms with Crippen molar-refractivity contribution < 1.29 is 27.9 Å². The number of Topliss-reactive ketones (excluding diaryl/α,β-unsaturated/α-hetero) is 1. The van der Waals surface area contributed by atoms with Crippen LogP contribution in [0.25, 0.3) is 11.0 Å². The van der Waals surface area contributed by atoms with Crippen LogP contribution in [-0.4, -0.2) is 26.8 Å². The quantitative estimate of drug-likeness (QED) is 0.302. The number of hydrogen-bond acceptors (Lipinski definition) is 4. The van der Waals surface area contributed by atoms with Crippen molar-refractivity contribution >= 4 is 28.4 Å². The second-order valence-corrected chi connectivity index (χ2v) is 8.35. The van der Waals surface area contributed by atoms with E-state index in [4.69, 9.17) is 0 Å². The lowest BCUT2D eigenvalue weighted by Gasteiger charge is -2.12. The van der Waals surface area contributed by atoms with Crippen LogP contribution >= 0.6 is 0 Å². The third-order valence-corrected chi connectivity index (χ3v) is 5.76. The van der Waals surface area contributed by atoms with Crippen LogP contribution in [0.1, 0.15) is 50.0 Å². The summed E-state index contributed by atoms with van der Waals surface area (Å²) in [4.78, 5) is 31.5. The van der Waals surface area contributed by atoms with Crippen LogP contribution in [0.15, 0.2) is 54.7 Å². The summed E-state index contributed by atoms with van der Waals surface area (Å²) < 4.78 is 38.5. The van der Waals surface area contributed by atoms with Gasteiger partial charge in [-0.15, -0.1) is 0 Å². The highest BCUT2D eigenvalue weighted by atomic mass is 19.4. The lowest BCUT2D eigenvalue weighted by Crippen LogP contribution is -2.13. The Morgan fingerprint density at radius 3 is 2.51 bits per heavy atom. The average molecular weight is 481 g/mol. The molecule has 0 bridgehead atoms. The van der Waals surface area contributed by atoms with Crippen molar-refractivity contribution in [1.82, 2.24) is 9.97 Å². The molecule has 0 unspecified atom stereocenters. The van der Waals surface area contributed by atoms with Crippen molar-refractivity contribution in [2.75, 3.05) is 5.32 Å². The molecule has 3 N–H and O–H groups in total. The van der Waals surface area contributed by atoms with Gasteiger partial charge in [-0.1, -0.05) is 6.07 Å². The van der Waals surface area contributed by atoms with Gasteiger partial charge in [-0.05, 0) is 78.9 Å². The number of halogens is 3. The van der Waals surface area contributed by atoms with E-state index in [-0.39, 0.29) is 11.3 Å². The molecule has 0 fully saturated rings. The standard InChI is InChI=1S/C26H22F3N3O3/c1-14-3-7-20(31-25(35)18-6-8-21(23(34)12-18)26(27,28)29)10-17(14)5-4-16-9-19-11-22(15(2)33)32-24(19)30-13-16/h3,6-13,34H,4-5H2,1-2H3,(H,30,32)(H,31,35). The number of nitrogens with one attached hydrogen (secondary N) is 2. The van der Waals surface area contributed by atoms with Gasteiger partial charge in [0.2, 0.25) is 0 Å². The summed E-state index contributed by atoms with van der Waals surface area (Å²) in [5.74, 6) is -1.70. The van der Waals surface area contributed by atoms with Gasteiger partial charge in [0, 0.05) is 29.8 Å². The molecule has 0 aliphatic rings. The SMILES string of the molecule is CC(=O)c1cc2cc(CCc3cc(NC(=O)c4ccc(C(F)(F)F)c(O)c4)ccc3C)cnc2[nH]1. The lowest BCUT2D eigenvalue weighted by molar-refractivity contribution is -0.138. The molecule has 2 heterocycles. The molecule has 2 aromatic carbocycles. The monoisotopic (exact) mass is 481 g/mol. The van der Waals surface area contributed by atoms with Gasteiger partial charge in [-0.2, -0.15) is 13.2 Å². The number of benzene rings is 2. The summed E-state index contributed by atoms with van der Waals surface area (Å²) in [6.07, 6.45) is -1.62. The van der Waals surface area contributed by atoms with Crippen LogP contribution in [-0.2, 0) is 19.0 Å². The maximum Gasteiger partial charge on any atom is 0.419 e. The number of nitrogens with zero attached hydrogens (tertiary/aromatic N) is 1. The number of alkyl halides is 3. The number of aryl methyl sites for hydroxylation is 3. The molecule has 4 aromatic rings. The van der Waals surface area contributed by atoms with Gasteiger partial charge >= 0.3 is 6.18 Å². The van der Waals surface area contributed by atoms with E-state index in [9.17, 15) is 27.9 Å². The predicted molar refractivity (Wildman–Crippen MR) is 126 cm³/mol. The second kappa shape index (κ2) is 9.25. The zero-order valence-electron chi connectivity index (χ0n) is 19.0. The number of aromatic hydroxyl groups is 1. The van der Waals surface area contributed by atoms with Crippen LogP contribution in [0.2, 0.25) is 0 Å². The molecule has 0 radical (unpaired) electrons. The molecule has 1 amide bonds. The summed E-state index contributed by atoms with van der Waals surface area (Å²) in [6, 6.07) is 11.6. The fourth-order valence-corrected chi connectivity index (χ4v) is 3.80. The summed E-state index contributed by atoms with van der Waals surface area (Å²) in [6.45, 7) is 3.43. The van der Waals surface area contributed by atoms with E-state index >= 15 is 0 Å². The van der Waals surface area contributed by atoms with E-state index in [1.807, 2.05) is 25.1 Å². The zero-order chi connectivity index (χ0) is 25.3. The molecular formula is C26H22F3N3O3. The third-order valence-electron chi connectivity index (χ3n) is 5.76. The Bertz CT molecular complexity index is 1440. The fraction of sp³-hybridized carbons (Fsp3) is 0.192. The number of aromatic nitrogens is 2. The largest absolute Gasteiger partial charge is 0.507 e. The maximum atomic E-state index is 12.8. The molecule has 0 spiro atoms. The van der Waals surface area contributed by atoms with Crippen molar-refractivity contribution in [2.45, 2.75) is 32.9 Å². The number of amides is 1. The normalized spacial score (nSPS) is 11.6. The smallest absolute Gasteiger partial charge is 0.419 e. The van der Waals surface area contributed by atoms with Crippen LogP contribution in [0.5, 0.6) is 5.75 Å².